The average molecular weight is 887 g/mol. The average Bonchev–Trinajstić information content (AvgIpc) is 3.28. The van der Waals surface area contributed by atoms with Crippen molar-refractivity contribution < 1.29 is 28.6 Å². The van der Waals surface area contributed by atoms with Crippen molar-refractivity contribution in [3.8, 4) is 0 Å². The first kappa shape index (κ1) is 60.9. The van der Waals surface area contributed by atoms with Crippen LogP contribution in [0.15, 0.2) is 24.3 Å². The summed E-state index contributed by atoms with van der Waals surface area (Å²) in [5, 5.41) is 0. The van der Waals surface area contributed by atoms with Crippen LogP contribution in [0.5, 0.6) is 0 Å². The van der Waals surface area contributed by atoms with Crippen LogP contribution in [-0.4, -0.2) is 37.2 Å². The quantitative estimate of drug-likeness (QED) is 0.0262. The minimum Gasteiger partial charge on any atom is -0.462 e. The molecule has 0 saturated heterocycles. The second kappa shape index (κ2) is 52.5. The highest BCUT2D eigenvalue weighted by atomic mass is 16.6. The summed E-state index contributed by atoms with van der Waals surface area (Å²) >= 11 is 0. The van der Waals surface area contributed by atoms with Crippen molar-refractivity contribution in [1.82, 2.24) is 0 Å². The zero-order chi connectivity index (χ0) is 45.8. The molecule has 0 bridgehead atoms. The molecule has 6 nitrogen and oxygen atoms in total. The van der Waals surface area contributed by atoms with Gasteiger partial charge >= 0.3 is 17.9 Å². The predicted molar refractivity (Wildman–Crippen MR) is 270 cm³/mol. The minimum atomic E-state index is -0.771. The smallest absolute Gasteiger partial charge is 0.306 e. The van der Waals surface area contributed by atoms with Crippen molar-refractivity contribution in [2.45, 2.75) is 309 Å². The van der Waals surface area contributed by atoms with E-state index in [1.54, 1.807) is 0 Å². The Hall–Kier alpha value is -2.11. The molecule has 0 radical (unpaired) electrons. The number of hydrogen-bond donors (Lipinski definition) is 0. The number of esters is 3. The lowest BCUT2D eigenvalue weighted by atomic mass is 10.0. The standard InChI is InChI=1S/C57H106O6/c1-4-7-10-13-16-19-22-25-27-28-30-33-35-38-41-44-47-50-56(59)62-53-54(63-57(60)51-48-45-42-39-36-31-24-21-18-15-12-9-6-3)52-61-55(58)49-46-43-40-37-34-32-29-26-23-20-17-14-11-8-5-2/h25-27,29,54H,4-24,28,30-53H2,1-3H3/b27-25-,29-26-/t54-/m0/s1. The first-order valence-electron chi connectivity index (χ1n) is 27.8. The van der Waals surface area contributed by atoms with Crippen LogP contribution in [-0.2, 0) is 28.6 Å². The molecule has 1 atom stereocenters. The predicted octanol–water partition coefficient (Wildman–Crippen LogP) is 18.3. The molecular formula is C57H106O6. The number of allylic oxidation sites excluding steroid dienone is 4. The molecule has 0 spiro atoms. The van der Waals surface area contributed by atoms with Crippen molar-refractivity contribution in [1.29, 1.82) is 0 Å². The molecule has 0 saturated carbocycles. The van der Waals surface area contributed by atoms with Crippen molar-refractivity contribution in [3.63, 3.8) is 0 Å². The summed E-state index contributed by atoms with van der Waals surface area (Å²) in [5.41, 5.74) is 0. The van der Waals surface area contributed by atoms with Gasteiger partial charge in [0.05, 0.1) is 0 Å². The molecular weight excluding hydrogens is 781 g/mol. The molecule has 6 heteroatoms. The highest BCUT2D eigenvalue weighted by molar-refractivity contribution is 5.71. The third kappa shape index (κ3) is 50.7. The Morgan fingerprint density at radius 3 is 0.794 bits per heavy atom. The highest BCUT2D eigenvalue weighted by Crippen LogP contribution is 2.16. The Balaban J connectivity index is 4.34. The molecule has 63 heavy (non-hydrogen) atoms. The summed E-state index contributed by atoms with van der Waals surface area (Å²) in [6.45, 7) is 6.65. The fraction of sp³-hybridized carbons (Fsp3) is 0.877. The van der Waals surface area contributed by atoms with Crippen LogP contribution in [0.25, 0.3) is 0 Å². The maximum absolute atomic E-state index is 12.8. The minimum absolute atomic E-state index is 0.0722. The lowest BCUT2D eigenvalue weighted by Crippen LogP contribution is -2.30. The van der Waals surface area contributed by atoms with E-state index in [1.165, 1.54) is 199 Å². The molecule has 0 rings (SSSR count). The Kier molecular flexibility index (Phi) is 50.8. The summed E-state index contributed by atoms with van der Waals surface area (Å²) in [6, 6.07) is 0. The normalized spacial score (nSPS) is 12.1. The zero-order valence-corrected chi connectivity index (χ0v) is 42.4. The van der Waals surface area contributed by atoms with Gasteiger partial charge in [0.15, 0.2) is 6.10 Å². The molecule has 0 aromatic carbocycles. The van der Waals surface area contributed by atoms with E-state index in [9.17, 15) is 14.4 Å². The van der Waals surface area contributed by atoms with E-state index >= 15 is 0 Å². The summed E-state index contributed by atoms with van der Waals surface area (Å²) < 4.78 is 16.8. The lowest BCUT2D eigenvalue weighted by molar-refractivity contribution is -0.167. The summed E-state index contributed by atoms with van der Waals surface area (Å²) in [4.78, 5) is 38.1. The van der Waals surface area contributed by atoms with Gasteiger partial charge in [-0.05, 0) is 70.6 Å². The van der Waals surface area contributed by atoms with Gasteiger partial charge in [0, 0.05) is 19.3 Å². The molecule has 0 amide bonds. The lowest BCUT2D eigenvalue weighted by Gasteiger charge is -2.18. The van der Waals surface area contributed by atoms with E-state index in [1.807, 2.05) is 0 Å². The number of unbranched alkanes of at least 4 members (excludes halogenated alkanes) is 36. The molecule has 0 N–H and O–H groups in total. The van der Waals surface area contributed by atoms with E-state index in [0.717, 1.165) is 64.2 Å². The van der Waals surface area contributed by atoms with Gasteiger partial charge in [-0.1, -0.05) is 238 Å². The summed E-state index contributed by atoms with van der Waals surface area (Å²) in [7, 11) is 0. The number of ether oxygens (including phenoxy) is 3. The maximum atomic E-state index is 12.8. The van der Waals surface area contributed by atoms with Crippen LogP contribution in [0.2, 0.25) is 0 Å². The molecule has 0 aliphatic carbocycles. The van der Waals surface area contributed by atoms with Gasteiger partial charge < -0.3 is 14.2 Å². The van der Waals surface area contributed by atoms with E-state index in [2.05, 4.69) is 45.1 Å². The second-order valence-corrected chi connectivity index (χ2v) is 18.8. The molecule has 370 valence electrons. The number of hydrogen-bond acceptors (Lipinski definition) is 6. The SMILES string of the molecule is CCCCCCCC/C=C\CCCCCCCCCC(=O)OC[C@H](COC(=O)CCCCCCC/C=C\CCCCCCCC)OC(=O)CCCCCCCCCCCCCCC. The van der Waals surface area contributed by atoms with Crippen molar-refractivity contribution in [3.05, 3.63) is 24.3 Å². The Morgan fingerprint density at radius 1 is 0.302 bits per heavy atom. The van der Waals surface area contributed by atoms with Crippen LogP contribution >= 0.6 is 0 Å². The maximum Gasteiger partial charge on any atom is 0.306 e. The van der Waals surface area contributed by atoms with Gasteiger partial charge in [0.1, 0.15) is 13.2 Å². The van der Waals surface area contributed by atoms with Crippen LogP contribution < -0.4 is 0 Å². The molecule has 0 fully saturated rings. The van der Waals surface area contributed by atoms with Gasteiger partial charge in [0.25, 0.3) is 0 Å². The van der Waals surface area contributed by atoms with Crippen LogP contribution in [0.4, 0.5) is 0 Å². The third-order valence-electron chi connectivity index (χ3n) is 12.4. The fourth-order valence-corrected chi connectivity index (χ4v) is 8.20. The third-order valence-corrected chi connectivity index (χ3v) is 12.4. The van der Waals surface area contributed by atoms with Gasteiger partial charge in [-0.15, -0.1) is 0 Å². The molecule has 0 aliphatic rings. The van der Waals surface area contributed by atoms with E-state index < -0.39 is 6.10 Å². The Bertz CT molecular complexity index is 1020. The Labute approximate surface area is 392 Å². The van der Waals surface area contributed by atoms with Crippen LogP contribution in [0.3, 0.4) is 0 Å². The molecule has 0 heterocycles. The van der Waals surface area contributed by atoms with Gasteiger partial charge in [-0.3, -0.25) is 14.4 Å². The molecule has 0 unspecified atom stereocenters. The topological polar surface area (TPSA) is 78.9 Å². The monoisotopic (exact) mass is 887 g/mol. The highest BCUT2D eigenvalue weighted by Gasteiger charge is 2.19. The molecule has 0 aliphatic heterocycles. The van der Waals surface area contributed by atoms with E-state index in [0.29, 0.717) is 19.3 Å². The van der Waals surface area contributed by atoms with Crippen molar-refractivity contribution >= 4 is 17.9 Å². The van der Waals surface area contributed by atoms with Crippen molar-refractivity contribution in [2.24, 2.45) is 0 Å². The van der Waals surface area contributed by atoms with Crippen LogP contribution in [0.1, 0.15) is 303 Å². The summed E-state index contributed by atoms with van der Waals surface area (Å²) in [5.74, 6) is -0.868. The number of carbonyl (C=O) groups is 3. The van der Waals surface area contributed by atoms with Gasteiger partial charge in [-0.2, -0.15) is 0 Å². The second-order valence-electron chi connectivity index (χ2n) is 18.8. The van der Waals surface area contributed by atoms with Crippen LogP contribution in [0, 0.1) is 0 Å². The fourth-order valence-electron chi connectivity index (χ4n) is 8.20. The Morgan fingerprint density at radius 2 is 0.524 bits per heavy atom. The molecule has 0 aromatic rings. The van der Waals surface area contributed by atoms with Gasteiger partial charge in [0.2, 0.25) is 0 Å². The first-order chi connectivity index (χ1) is 31.0. The number of rotatable bonds is 51. The largest absolute Gasteiger partial charge is 0.462 e. The van der Waals surface area contributed by atoms with E-state index in [4.69, 9.17) is 14.2 Å². The first-order valence-corrected chi connectivity index (χ1v) is 27.8. The number of carbonyl (C=O) groups excluding carboxylic acids is 3. The van der Waals surface area contributed by atoms with Crippen molar-refractivity contribution in [2.75, 3.05) is 13.2 Å². The van der Waals surface area contributed by atoms with E-state index in [-0.39, 0.29) is 31.1 Å². The molecule has 0 aromatic heterocycles. The van der Waals surface area contributed by atoms with Gasteiger partial charge in [-0.25, -0.2) is 0 Å². The zero-order valence-electron chi connectivity index (χ0n) is 42.4. The summed E-state index contributed by atoms with van der Waals surface area (Å²) in [6.07, 6.45) is 60.2.